The van der Waals surface area contributed by atoms with E-state index in [1.54, 1.807) is 24.5 Å². The molecule has 0 aliphatic carbocycles. The highest BCUT2D eigenvalue weighted by Gasteiger charge is 2.19. The third-order valence-electron chi connectivity index (χ3n) is 2.30. The van der Waals surface area contributed by atoms with Crippen LogP contribution in [-0.2, 0) is 0 Å². The summed E-state index contributed by atoms with van der Waals surface area (Å²) in [6.45, 7) is 0. The molecule has 0 saturated heterocycles. The number of nitrogens with one attached hydrogen (secondary N) is 1. The van der Waals surface area contributed by atoms with Gasteiger partial charge in [0.2, 0.25) is 0 Å². The Hall–Kier alpha value is -1.64. The van der Waals surface area contributed by atoms with Crippen LogP contribution >= 0.6 is 0 Å². The molecule has 1 aliphatic heterocycles. The van der Waals surface area contributed by atoms with Gasteiger partial charge in [-0.05, 0) is 31.2 Å². The van der Waals surface area contributed by atoms with Crippen LogP contribution in [0.3, 0.4) is 0 Å². The molecule has 0 spiro atoms. The topological polar surface area (TPSA) is 42.0 Å². The molecule has 1 atom stereocenters. The summed E-state index contributed by atoms with van der Waals surface area (Å²) in [6, 6.07) is 3.51. The van der Waals surface area contributed by atoms with E-state index in [9.17, 15) is 4.79 Å². The Labute approximate surface area is 82.9 Å². The predicted molar refractivity (Wildman–Crippen MR) is 53.9 cm³/mol. The number of hydrogen-bond acceptors (Lipinski definition) is 3. The minimum absolute atomic E-state index is 0.0794. The van der Waals surface area contributed by atoms with Crippen LogP contribution in [0.5, 0.6) is 0 Å². The van der Waals surface area contributed by atoms with E-state index in [1.165, 1.54) is 0 Å². The zero-order chi connectivity index (χ0) is 9.80. The van der Waals surface area contributed by atoms with Crippen LogP contribution in [0.25, 0.3) is 0 Å². The smallest absolute Gasteiger partial charge is 0.186 e. The third kappa shape index (κ3) is 1.82. The average Bonchev–Trinajstić information content (AvgIpc) is 2.30. The Balaban J connectivity index is 2.12. The second-order valence-electron chi connectivity index (χ2n) is 3.30. The normalized spacial score (nSPS) is 20.1. The number of hydrogen-bond donors (Lipinski definition) is 1. The fraction of sp³-hybridized carbons (Fsp3) is 0.273. The van der Waals surface area contributed by atoms with Gasteiger partial charge in [-0.15, -0.1) is 0 Å². The average molecular weight is 188 g/mol. The molecule has 1 aromatic rings. The molecule has 1 unspecified atom stereocenters. The summed E-state index contributed by atoms with van der Waals surface area (Å²) in [6.07, 6.45) is 9.00. The molecule has 1 aromatic heterocycles. The van der Waals surface area contributed by atoms with Gasteiger partial charge in [0, 0.05) is 18.0 Å². The van der Waals surface area contributed by atoms with E-state index in [0.717, 1.165) is 12.8 Å². The van der Waals surface area contributed by atoms with E-state index < -0.39 is 0 Å². The van der Waals surface area contributed by atoms with Gasteiger partial charge in [0.05, 0.1) is 6.04 Å². The van der Waals surface area contributed by atoms with Gasteiger partial charge in [-0.3, -0.25) is 9.78 Å². The molecule has 0 radical (unpaired) electrons. The monoisotopic (exact) mass is 188 g/mol. The minimum Gasteiger partial charge on any atom is -0.381 e. The fourth-order valence-corrected chi connectivity index (χ4v) is 1.53. The SMILES string of the molecule is O=C(c1cccnc1)C1CCC=CN1. The number of pyridine rings is 1. The molecule has 0 aromatic carbocycles. The molecule has 1 N–H and O–H groups in total. The third-order valence-corrected chi connectivity index (χ3v) is 2.30. The number of Topliss-reactive ketones (excluding diaryl/α,β-unsaturated/α-hetero) is 1. The maximum Gasteiger partial charge on any atom is 0.186 e. The summed E-state index contributed by atoms with van der Waals surface area (Å²) >= 11 is 0. The second kappa shape index (κ2) is 4.05. The first-order valence-corrected chi connectivity index (χ1v) is 4.73. The number of aromatic nitrogens is 1. The van der Waals surface area contributed by atoms with Crippen molar-refractivity contribution in [2.75, 3.05) is 0 Å². The van der Waals surface area contributed by atoms with Crippen LogP contribution < -0.4 is 5.32 Å². The van der Waals surface area contributed by atoms with E-state index >= 15 is 0 Å². The van der Waals surface area contributed by atoms with Crippen LogP contribution in [0.2, 0.25) is 0 Å². The Morgan fingerprint density at radius 3 is 3.14 bits per heavy atom. The first-order valence-electron chi connectivity index (χ1n) is 4.73. The van der Waals surface area contributed by atoms with Crippen molar-refractivity contribution in [3.8, 4) is 0 Å². The quantitative estimate of drug-likeness (QED) is 0.716. The van der Waals surface area contributed by atoms with Gasteiger partial charge in [0.25, 0.3) is 0 Å². The molecule has 2 heterocycles. The van der Waals surface area contributed by atoms with Crippen LogP contribution in [0.1, 0.15) is 23.2 Å². The number of carbonyl (C=O) groups excluding carboxylic acids is 1. The summed E-state index contributed by atoms with van der Waals surface area (Å²) in [5.41, 5.74) is 0.681. The van der Waals surface area contributed by atoms with E-state index in [2.05, 4.69) is 10.3 Å². The lowest BCUT2D eigenvalue weighted by Gasteiger charge is -2.18. The summed E-state index contributed by atoms with van der Waals surface area (Å²) in [5, 5.41) is 3.06. The van der Waals surface area contributed by atoms with Crippen molar-refractivity contribution in [3.05, 3.63) is 42.4 Å². The molecule has 0 saturated carbocycles. The molecule has 0 fully saturated rings. The van der Waals surface area contributed by atoms with Crippen molar-refractivity contribution >= 4 is 5.78 Å². The highest BCUT2D eigenvalue weighted by molar-refractivity contribution is 5.99. The number of ketones is 1. The maximum atomic E-state index is 11.9. The zero-order valence-electron chi connectivity index (χ0n) is 7.81. The van der Waals surface area contributed by atoms with E-state index in [1.807, 2.05) is 12.3 Å². The van der Waals surface area contributed by atoms with Crippen molar-refractivity contribution in [1.82, 2.24) is 10.3 Å². The summed E-state index contributed by atoms with van der Waals surface area (Å²) in [5.74, 6) is 0.127. The van der Waals surface area contributed by atoms with Crippen molar-refractivity contribution in [1.29, 1.82) is 0 Å². The molecule has 1 aliphatic rings. The number of allylic oxidation sites excluding steroid dienone is 1. The summed E-state index contributed by atoms with van der Waals surface area (Å²) in [7, 11) is 0. The van der Waals surface area contributed by atoms with E-state index in [0.29, 0.717) is 5.56 Å². The summed E-state index contributed by atoms with van der Waals surface area (Å²) in [4.78, 5) is 15.8. The first kappa shape index (κ1) is 8.94. The lowest BCUT2D eigenvalue weighted by atomic mass is 10.00. The maximum absolute atomic E-state index is 11.9. The van der Waals surface area contributed by atoms with Crippen molar-refractivity contribution in [2.45, 2.75) is 18.9 Å². The molecule has 3 nitrogen and oxygen atoms in total. The van der Waals surface area contributed by atoms with Gasteiger partial charge >= 0.3 is 0 Å². The second-order valence-corrected chi connectivity index (χ2v) is 3.30. The molecule has 3 heteroatoms. The van der Waals surface area contributed by atoms with E-state index in [4.69, 9.17) is 0 Å². The highest BCUT2D eigenvalue weighted by atomic mass is 16.1. The molecule has 0 bridgehead atoms. The first-order chi connectivity index (χ1) is 6.88. The lowest BCUT2D eigenvalue weighted by molar-refractivity contribution is 0.0943. The van der Waals surface area contributed by atoms with Crippen molar-refractivity contribution in [2.24, 2.45) is 0 Å². The van der Waals surface area contributed by atoms with Crippen LogP contribution in [0.15, 0.2) is 36.8 Å². The van der Waals surface area contributed by atoms with Gasteiger partial charge in [0.15, 0.2) is 5.78 Å². The van der Waals surface area contributed by atoms with Gasteiger partial charge in [-0.2, -0.15) is 0 Å². The molecule has 0 amide bonds. The standard InChI is InChI=1S/C11H12N2O/c14-11(9-4-3-6-12-8-9)10-5-1-2-7-13-10/h2-4,6-8,10,13H,1,5H2. The molecule has 2 rings (SSSR count). The fourth-order valence-electron chi connectivity index (χ4n) is 1.53. The number of nitrogens with zero attached hydrogens (tertiary/aromatic N) is 1. The Bertz CT molecular complexity index is 346. The van der Waals surface area contributed by atoms with Gasteiger partial charge < -0.3 is 5.32 Å². The van der Waals surface area contributed by atoms with Crippen LogP contribution in [0.4, 0.5) is 0 Å². The van der Waals surface area contributed by atoms with Crippen molar-refractivity contribution < 1.29 is 4.79 Å². The number of carbonyl (C=O) groups is 1. The zero-order valence-corrected chi connectivity index (χ0v) is 7.81. The molecular formula is C11H12N2O. The molecule has 14 heavy (non-hydrogen) atoms. The van der Waals surface area contributed by atoms with Gasteiger partial charge in [-0.1, -0.05) is 6.08 Å². The van der Waals surface area contributed by atoms with Crippen LogP contribution in [0, 0.1) is 0 Å². The Morgan fingerprint density at radius 1 is 1.57 bits per heavy atom. The van der Waals surface area contributed by atoms with Crippen LogP contribution in [-0.4, -0.2) is 16.8 Å². The predicted octanol–water partition coefficient (Wildman–Crippen LogP) is 1.53. The summed E-state index contributed by atoms with van der Waals surface area (Å²) < 4.78 is 0. The molecular weight excluding hydrogens is 176 g/mol. The number of rotatable bonds is 2. The Morgan fingerprint density at radius 2 is 2.50 bits per heavy atom. The van der Waals surface area contributed by atoms with Gasteiger partial charge in [0.1, 0.15) is 0 Å². The van der Waals surface area contributed by atoms with Gasteiger partial charge in [-0.25, -0.2) is 0 Å². The van der Waals surface area contributed by atoms with E-state index in [-0.39, 0.29) is 11.8 Å². The molecule has 72 valence electrons. The minimum atomic E-state index is -0.0794. The largest absolute Gasteiger partial charge is 0.381 e. The lowest BCUT2D eigenvalue weighted by Crippen LogP contribution is -2.35. The Kier molecular flexibility index (Phi) is 2.58. The van der Waals surface area contributed by atoms with Crippen molar-refractivity contribution in [3.63, 3.8) is 0 Å². The highest BCUT2D eigenvalue weighted by Crippen LogP contribution is 2.10.